The van der Waals surface area contributed by atoms with Gasteiger partial charge in [-0.15, -0.1) is 4.99 Å². The van der Waals surface area contributed by atoms with Crippen LogP contribution in [0.1, 0.15) is 45.6 Å². The zero-order valence-corrected chi connectivity index (χ0v) is 17.8. The first-order chi connectivity index (χ1) is 13.8. The Morgan fingerprint density at radius 2 is 2.10 bits per heavy atom. The number of hydrogen-bond acceptors (Lipinski definition) is 6. The fourth-order valence-corrected chi connectivity index (χ4v) is 5.91. The lowest BCUT2D eigenvalue weighted by atomic mass is 9.87. The van der Waals surface area contributed by atoms with Crippen molar-refractivity contribution in [2.24, 2.45) is 4.99 Å². The molecule has 0 aromatic heterocycles. The number of non-ortho nitro benzene ring substituents is 1. The van der Waals surface area contributed by atoms with Gasteiger partial charge in [-0.05, 0) is 46.1 Å². The minimum absolute atomic E-state index is 0.146. The highest BCUT2D eigenvalue weighted by Crippen LogP contribution is 2.47. The summed E-state index contributed by atoms with van der Waals surface area (Å²) in [6.07, 6.45) is -0.164. The van der Waals surface area contributed by atoms with Crippen molar-refractivity contribution in [3.63, 3.8) is 0 Å². The monoisotopic (exact) mass is 442 g/mol. The lowest BCUT2D eigenvalue weighted by molar-refractivity contribution is -0.385. The van der Waals surface area contributed by atoms with Gasteiger partial charge in [-0.1, -0.05) is 0 Å². The summed E-state index contributed by atoms with van der Waals surface area (Å²) in [5.41, 5.74) is -2.86. The van der Waals surface area contributed by atoms with Crippen molar-refractivity contribution in [2.75, 3.05) is 7.05 Å². The Morgan fingerprint density at radius 3 is 2.70 bits per heavy atom. The summed E-state index contributed by atoms with van der Waals surface area (Å²) in [5, 5.41) is 13.0. The molecule has 0 spiro atoms. The first kappa shape index (κ1) is 21.9. The van der Waals surface area contributed by atoms with E-state index in [0.29, 0.717) is 6.42 Å². The molecule has 0 radical (unpaired) electrons. The van der Waals surface area contributed by atoms with E-state index >= 15 is 0 Å². The van der Waals surface area contributed by atoms with E-state index in [1.807, 2.05) is 0 Å². The molecule has 2 aliphatic rings. The van der Waals surface area contributed by atoms with E-state index in [-0.39, 0.29) is 30.1 Å². The number of fused-ring (bicyclic) bond motifs is 1. The van der Waals surface area contributed by atoms with Gasteiger partial charge in [0.1, 0.15) is 16.7 Å². The average molecular weight is 442 g/mol. The number of guanidine groups is 1. The Hall–Kier alpha value is -2.76. The molecule has 2 fully saturated rings. The van der Waals surface area contributed by atoms with Crippen molar-refractivity contribution in [1.82, 2.24) is 9.62 Å². The molecular formula is C18H23FN4O6S. The molecule has 1 aliphatic carbocycles. The first-order valence-corrected chi connectivity index (χ1v) is 10.8. The van der Waals surface area contributed by atoms with Crippen LogP contribution in [0.4, 0.5) is 14.9 Å². The first-order valence-electron chi connectivity index (χ1n) is 9.30. The Kier molecular flexibility index (Phi) is 5.25. The van der Waals surface area contributed by atoms with Gasteiger partial charge in [0.2, 0.25) is 16.0 Å². The second-order valence-corrected chi connectivity index (χ2v) is 10.5. The van der Waals surface area contributed by atoms with Crippen LogP contribution in [0.5, 0.6) is 0 Å². The topological polar surface area (TPSA) is 131 Å². The van der Waals surface area contributed by atoms with Crippen molar-refractivity contribution in [2.45, 2.75) is 56.4 Å². The molecule has 1 aromatic carbocycles. The van der Waals surface area contributed by atoms with Gasteiger partial charge in [0.15, 0.2) is 0 Å². The van der Waals surface area contributed by atoms with Gasteiger partial charge in [0, 0.05) is 24.7 Å². The van der Waals surface area contributed by atoms with Crippen LogP contribution in [0.25, 0.3) is 0 Å². The number of nitrogens with one attached hydrogen (secondary N) is 1. The molecule has 1 heterocycles. The largest absolute Gasteiger partial charge is 0.442 e. The van der Waals surface area contributed by atoms with E-state index in [9.17, 15) is 27.7 Å². The second kappa shape index (κ2) is 7.18. The fraction of sp³-hybridized carbons (Fsp3) is 0.556. The number of carbonyl (C=O) groups excluding carboxylic acids is 1. The number of amides is 1. The van der Waals surface area contributed by atoms with Crippen LogP contribution < -0.4 is 5.32 Å². The summed E-state index contributed by atoms with van der Waals surface area (Å²) >= 11 is 0. The number of hydrogen-bond donors (Lipinski definition) is 1. The molecule has 1 amide bonds. The van der Waals surface area contributed by atoms with Gasteiger partial charge in [-0.25, -0.2) is 21.9 Å². The maximum atomic E-state index is 14.8. The standard InChI is InChI=1S/C18H23FN4O6S/c1-17(2,3)29-16(24)20-15-21-18(9-5-6-14(18)30(27,28)22(15)4)12-10-11(23(25)26)7-8-13(12)19/h7-8,10,14H,5-6,9H2,1-4H3,(H,20,21,24). The van der Waals surface area contributed by atoms with Gasteiger partial charge in [-0.2, -0.15) is 0 Å². The number of benzene rings is 1. The minimum Gasteiger partial charge on any atom is -0.442 e. The number of rotatable bonds is 2. The van der Waals surface area contributed by atoms with Crippen LogP contribution in [0.2, 0.25) is 0 Å². The third-order valence-corrected chi connectivity index (χ3v) is 7.49. The molecule has 164 valence electrons. The van der Waals surface area contributed by atoms with Gasteiger partial charge in [0.25, 0.3) is 5.69 Å². The number of sulfonamides is 1. The molecule has 1 saturated heterocycles. The summed E-state index contributed by atoms with van der Waals surface area (Å²) in [4.78, 5) is 26.5. The number of carbonyl (C=O) groups is 1. The summed E-state index contributed by atoms with van der Waals surface area (Å²) < 4.78 is 47.1. The molecule has 10 nitrogen and oxygen atoms in total. The normalized spacial score (nSPS) is 26.8. The minimum atomic E-state index is -4.04. The van der Waals surface area contributed by atoms with Crippen molar-refractivity contribution >= 4 is 27.8 Å². The number of ether oxygens (including phenoxy) is 1. The Bertz CT molecular complexity index is 1040. The molecule has 2 atom stereocenters. The van der Waals surface area contributed by atoms with E-state index in [4.69, 9.17) is 4.74 Å². The second-order valence-electron chi connectivity index (χ2n) is 8.33. The number of halogens is 1. The molecule has 30 heavy (non-hydrogen) atoms. The molecule has 1 aliphatic heterocycles. The van der Waals surface area contributed by atoms with E-state index in [1.54, 1.807) is 20.8 Å². The van der Waals surface area contributed by atoms with Crippen LogP contribution in [-0.4, -0.2) is 47.6 Å². The average Bonchev–Trinajstić information content (AvgIpc) is 3.04. The molecule has 1 saturated carbocycles. The van der Waals surface area contributed by atoms with Gasteiger partial charge in [0.05, 0.1) is 10.5 Å². The van der Waals surface area contributed by atoms with Gasteiger partial charge < -0.3 is 10.1 Å². The number of nitrogens with zero attached hydrogens (tertiary/aromatic N) is 3. The zero-order chi connectivity index (χ0) is 22.5. The van der Waals surface area contributed by atoms with Crippen LogP contribution in [0, 0.1) is 15.9 Å². The highest BCUT2D eigenvalue weighted by atomic mass is 32.2. The van der Waals surface area contributed by atoms with E-state index in [0.717, 1.165) is 22.5 Å². The van der Waals surface area contributed by atoms with Crippen LogP contribution >= 0.6 is 0 Å². The van der Waals surface area contributed by atoms with Crippen molar-refractivity contribution in [1.29, 1.82) is 0 Å². The van der Waals surface area contributed by atoms with E-state index < -0.39 is 43.2 Å². The highest BCUT2D eigenvalue weighted by molar-refractivity contribution is 7.90. The fourth-order valence-electron chi connectivity index (χ4n) is 3.92. The van der Waals surface area contributed by atoms with Crippen LogP contribution in [-0.2, 0) is 20.3 Å². The quantitative estimate of drug-likeness (QED) is 0.550. The predicted molar refractivity (Wildman–Crippen MR) is 106 cm³/mol. The van der Waals surface area contributed by atoms with Crippen LogP contribution in [0.3, 0.4) is 0 Å². The lowest BCUT2D eigenvalue weighted by Gasteiger charge is -2.45. The third-order valence-electron chi connectivity index (χ3n) is 5.19. The van der Waals surface area contributed by atoms with Gasteiger partial charge in [-0.3, -0.25) is 10.1 Å². The third kappa shape index (κ3) is 3.71. The van der Waals surface area contributed by atoms with Crippen molar-refractivity contribution in [3.8, 4) is 0 Å². The Balaban J connectivity index is 2.15. The van der Waals surface area contributed by atoms with Crippen molar-refractivity contribution < 1.29 is 27.3 Å². The molecule has 2 unspecified atom stereocenters. The van der Waals surface area contributed by atoms with E-state index in [1.165, 1.54) is 7.05 Å². The summed E-state index contributed by atoms with van der Waals surface area (Å²) in [6, 6.07) is 2.99. The smallest absolute Gasteiger partial charge is 0.437 e. The predicted octanol–water partition coefficient (Wildman–Crippen LogP) is 2.64. The molecule has 0 bridgehead atoms. The van der Waals surface area contributed by atoms with Crippen molar-refractivity contribution in [3.05, 3.63) is 39.7 Å². The van der Waals surface area contributed by atoms with Gasteiger partial charge >= 0.3 is 6.09 Å². The summed E-state index contributed by atoms with van der Waals surface area (Å²) in [5.74, 6) is -1.11. The molecule has 12 heteroatoms. The molecule has 3 rings (SSSR count). The van der Waals surface area contributed by atoms with Crippen LogP contribution in [0.15, 0.2) is 23.2 Å². The number of aliphatic imine (C=N–C) groups is 1. The lowest BCUT2D eigenvalue weighted by Crippen LogP contribution is -2.65. The Morgan fingerprint density at radius 1 is 1.43 bits per heavy atom. The SMILES string of the molecule is CN1/C(=N/C(=O)OC(C)(C)C)NC2(c3cc([N+](=O)[O-])ccc3F)CCCC2S1(=O)=O. The molecule has 1 aromatic rings. The summed E-state index contributed by atoms with van der Waals surface area (Å²) in [7, 11) is -2.80. The molecular weight excluding hydrogens is 419 g/mol. The number of nitro groups is 1. The van der Waals surface area contributed by atoms with E-state index in [2.05, 4.69) is 10.3 Å². The molecule has 1 N–H and O–H groups in total. The Labute approximate surface area is 173 Å². The maximum Gasteiger partial charge on any atom is 0.437 e. The number of nitro benzene ring substituents is 1. The zero-order valence-electron chi connectivity index (χ0n) is 17.0. The highest BCUT2D eigenvalue weighted by Gasteiger charge is 2.58. The maximum absolute atomic E-state index is 14.8. The summed E-state index contributed by atoms with van der Waals surface area (Å²) in [6.45, 7) is 4.90.